The molecule has 2 aromatic heterocycles. The zero-order valence-electron chi connectivity index (χ0n) is 18.4. The third-order valence-electron chi connectivity index (χ3n) is 4.63. The van der Waals surface area contributed by atoms with Gasteiger partial charge in [-0.3, -0.25) is 14.2 Å². The third kappa shape index (κ3) is 5.48. The van der Waals surface area contributed by atoms with Crippen molar-refractivity contribution in [3.05, 3.63) is 5.82 Å². The lowest BCUT2D eigenvalue weighted by Gasteiger charge is -2.23. The van der Waals surface area contributed by atoms with E-state index in [1.165, 1.54) is 7.11 Å². The molecule has 0 radical (unpaired) electrons. The Labute approximate surface area is 171 Å². The number of fused-ring (bicyclic) bond motifs is 1. The van der Waals surface area contributed by atoms with Crippen molar-refractivity contribution in [1.29, 1.82) is 0 Å². The van der Waals surface area contributed by atoms with Crippen LogP contribution in [0.5, 0.6) is 6.01 Å². The molecule has 0 bridgehead atoms. The molecule has 0 unspecified atom stereocenters. The van der Waals surface area contributed by atoms with Gasteiger partial charge in [-0.05, 0) is 12.8 Å². The first-order chi connectivity index (χ1) is 13.7. The number of aromatic nitrogens is 5. The first kappa shape index (κ1) is 22.7. The Morgan fingerprint density at radius 2 is 1.66 bits per heavy atom. The van der Waals surface area contributed by atoms with E-state index in [2.05, 4.69) is 34.0 Å². The lowest BCUT2D eigenvalue weighted by molar-refractivity contribution is -0.132. The molecule has 160 valence electrons. The van der Waals surface area contributed by atoms with Crippen LogP contribution in [0.15, 0.2) is 0 Å². The van der Waals surface area contributed by atoms with Crippen LogP contribution in [-0.4, -0.2) is 61.5 Å². The molecule has 29 heavy (non-hydrogen) atoms. The Kier molecular flexibility index (Phi) is 7.64. The molecule has 0 aliphatic rings. The fourth-order valence-electron chi connectivity index (χ4n) is 2.85. The average molecular weight is 405 g/mol. The molecule has 9 nitrogen and oxygen atoms in total. The smallest absolute Gasteiger partial charge is 0.337 e. The Morgan fingerprint density at radius 3 is 2.17 bits per heavy atom. The van der Waals surface area contributed by atoms with Crippen LogP contribution < -0.4 is 4.74 Å². The van der Waals surface area contributed by atoms with Crippen molar-refractivity contribution in [2.45, 2.75) is 66.8 Å². The third-order valence-corrected chi connectivity index (χ3v) is 4.63. The van der Waals surface area contributed by atoms with Gasteiger partial charge in [0, 0.05) is 18.5 Å². The van der Waals surface area contributed by atoms with E-state index in [4.69, 9.17) is 4.74 Å². The Bertz CT molecular complexity index is 848. The van der Waals surface area contributed by atoms with Crippen molar-refractivity contribution in [3.8, 4) is 6.01 Å². The molecule has 2 rings (SSSR count). The van der Waals surface area contributed by atoms with E-state index in [1.807, 2.05) is 25.7 Å². The molecule has 0 saturated carbocycles. The minimum Gasteiger partial charge on any atom is -0.466 e. The van der Waals surface area contributed by atoms with Gasteiger partial charge in [0.15, 0.2) is 11.5 Å². The number of methoxy groups -OCH3 is 1. The number of rotatable bonds is 10. The summed E-state index contributed by atoms with van der Waals surface area (Å²) in [6.45, 7) is 11.0. The van der Waals surface area contributed by atoms with Crippen LogP contribution in [0.1, 0.15) is 70.9 Å². The molecular weight excluding hydrogens is 372 g/mol. The maximum Gasteiger partial charge on any atom is 0.337 e. The normalized spacial score (nSPS) is 11.7. The first-order valence-corrected chi connectivity index (χ1v) is 10.2. The lowest BCUT2D eigenvalue weighted by Crippen LogP contribution is -2.36. The van der Waals surface area contributed by atoms with E-state index in [0.717, 1.165) is 25.7 Å². The SMILES string of the molecule is CCCCN(CCCC)C(=O)Cn1c(C(=O)C(C)(C)C)nc2nnc(OC)nc21. The van der Waals surface area contributed by atoms with Gasteiger partial charge in [-0.15, -0.1) is 5.10 Å². The molecule has 0 saturated heterocycles. The second kappa shape index (κ2) is 9.76. The van der Waals surface area contributed by atoms with E-state index < -0.39 is 5.41 Å². The van der Waals surface area contributed by atoms with E-state index >= 15 is 0 Å². The van der Waals surface area contributed by atoms with Crippen molar-refractivity contribution in [2.24, 2.45) is 5.41 Å². The van der Waals surface area contributed by atoms with Gasteiger partial charge in [-0.2, -0.15) is 4.98 Å². The van der Waals surface area contributed by atoms with Crippen molar-refractivity contribution >= 4 is 23.0 Å². The number of ether oxygens (including phenoxy) is 1. The fraction of sp³-hybridized carbons (Fsp3) is 0.700. The molecule has 0 aromatic carbocycles. The average Bonchev–Trinajstić information content (AvgIpc) is 3.03. The largest absolute Gasteiger partial charge is 0.466 e. The van der Waals surface area contributed by atoms with Gasteiger partial charge in [0.25, 0.3) is 0 Å². The number of hydrogen-bond donors (Lipinski definition) is 0. The Hall–Kier alpha value is -2.58. The molecule has 9 heteroatoms. The van der Waals surface area contributed by atoms with Crippen molar-refractivity contribution in [3.63, 3.8) is 0 Å². The van der Waals surface area contributed by atoms with Crippen LogP contribution in [-0.2, 0) is 11.3 Å². The second-order valence-electron chi connectivity index (χ2n) is 8.13. The van der Waals surface area contributed by atoms with Crippen molar-refractivity contribution in [2.75, 3.05) is 20.2 Å². The van der Waals surface area contributed by atoms with Gasteiger partial charge in [-0.1, -0.05) is 52.6 Å². The summed E-state index contributed by atoms with van der Waals surface area (Å²) in [4.78, 5) is 36.6. The van der Waals surface area contributed by atoms with Crippen LogP contribution in [0, 0.1) is 5.41 Å². The molecule has 0 spiro atoms. The number of nitrogens with zero attached hydrogens (tertiary/aromatic N) is 6. The number of imidazole rings is 1. The Morgan fingerprint density at radius 1 is 1.03 bits per heavy atom. The van der Waals surface area contributed by atoms with Gasteiger partial charge in [-0.25, -0.2) is 4.98 Å². The molecule has 0 aliphatic heterocycles. The second-order valence-corrected chi connectivity index (χ2v) is 8.13. The van der Waals surface area contributed by atoms with E-state index in [-0.39, 0.29) is 35.7 Å². The predicted molar refractivity (Wildman–Crippen MR) is 110 cm³/mol. The zero-order valence-corrected chi connectivity index (χ0v) is 18.4. The van der Waals surface area contributed by atoms with Gasteiger partial charge in [0.1, 0.15) is 6.54 Å². The standard InChI is InChI=1S/C20H32N6O3/c1-7-9-11-25(12-10-8-2)14(27)13-26-17(15(28)20(3,4)5)21-16-18(26)22-19(29-6)24-23-16/h7-13H2,1-6H3. The summed E-state index contributed by atoms with van der Waals surface area (Å²) in [6.07, 6.45) is 3.88. The van der Waals surface area contributed by atoms with Crippen LogP contribution in [0.25, 0.3) is 11.3 Å². The highest BCUT2D eigenvalue weighted by molar-refractivity contribution is 5.99. The van der Waals surface area contributed by atoms with E-state index in [0.29, 0.717) is 18.7 Å². The minimum atomic E-state index is -0.663. The number of carbonyl (C=O) groups excluding carboxylic acids is 2. The maximum absolute atomic E-state index is 13.1. The number of amides is 1. The number of ketones is 1. The highest BCUT2D eigenvalue weighted by Crippen LogP contribution is 2.23. The van der Waals surface area contributed by atoms with Crippen LogP contribution >= 0.6 is 0 Å². The molecule has 1 amide bonds. The molecule has 0 fully saturated rings. The molecule has 0 atom stereocenters. The highest BCUT2D eigenvalue weighted by Gasteiger charge is 2.31. The maximum atomic E-state index is 13.1. The van der Waals surface area contributed by atoms with Crippen molar-refractivity contribution in [1.82, 2.24) is 29.6 Å². The van der Waals surface area contributed by atoms with Crippen LogP contribution in [0.2, 0.25) is 0 Å². The van der Waals surface area contributed by atoms with Gasteiger partial charge in [0.05, 0.1) is 7.11 Å². The summed E-state index contributed by atoms with van der Waals surface area (Å²) in [5.41, 5.74) is -0.118. The summed E-state index contributed by atoms with van der Waals surface area (Å²) < 4.78 is 6.62. The monoisotopic (exact) mass is 404 g/mol. The topological polar surface area (TPSA) is 103 Å². The summed E-state index contributed by atoms with van der Waals surface area (Å²) in [5.74, 6) is -0.0775. The van der Waals surface area contributed by atoms with Crippen LogP contribution in [0.3, 0.4) is 0 Å². The number of hydrogen-bond acceptors (Lipinski definition) is 7. The van der Waals surface area contributed by atoms with Gasteiger partial charge >= 0.3 is 6.01 Å². The first-order valence-electron chi connectivity index (χ1n) is 10.2. The Balaban J connectivity index is 2.47. The number of carbonyl (C=O) groups is 2. The van der Waals surface area contributed by atoms with Gasteiger partial charge < -0.3 is 9.64 Å². The lowest BCUT2D eigenvalue weighted by atomic mass is 9.90. The van der Waals surface area contributed by atoms with Crippen LogP contribution in [0.4, 0.5) is 0 Å². The summed E-state index contributed by atoms with van der Waals surface area (Å²) >= 11 is 0. The highest BCUT2D eigenvalue weighted by atomic mass is 16.5. The number of Topliss-reactive ketones (excluding diaryl/α,β-unsaturated/α-hetero) is 1. The fourth-order valence-corrected chi connectivity index (χ4v) is 2.85. The molecule has 0 N–H and O–H groups in total. The number of unbranched alkanes of at least 4 members (excludes halogenated alkanes) is 2. The van der Waals surface area contributed by atoms with E-state index in [1.54, 1.807) is 4.57 Å². The summed E-state index contributed by atoms with van der Waals surface area (Å²) in [5, 5.41) is 7.83. The molecular formula is C20H32N6O3. The molecule has 2 heterocycles. The summed E-state index contributed by atoms with van der Waals surface area (Å²) in [7, 11) is 1.44. The summed E-state index contributed by atoms with van der Waals surface area (Å²) in [6, 6.07) is 0.0645. The zero-order chi connectivity index (χ0) is 21.6. The minimum absolute atomic E-state index is 0.0249. The predicted octanol–water partition coefficient (Wildman–Crippen LogP) is 2.89. The quantitative estimate of drug-likeness (QED) is 0.561. The molecule has 2 aromatic rings. The van der Waals surface area contributed by atoms with E-state index in [9.17, 15) is 9.59 Å². The molecule has 0 aliphatic carbocycles. The van der Waals surface area contributed by atoms with Gasteiger partial charge in [0.2, 0.25) is 17.3 Å². The van der Waals surface area contributed by atoms with Crippen molar-refractivity contribution < 1.29 is 14.3 Å².